The minimum absolute atomic E-state index is 0.000772. The molecule has 1 rings (SSSR count). The van der Waals surface area contributed by atoms with Crippen molar-refractivity contribution in [2.45, 2.75) is 45.6 Å². The molecule has 0 atom stereocenters. The predicted octanol–water partition coefficient (Wildman–Crippen LogP) is 2.51. The fraction of sp³-hybridized carbons (Fsp3) is 0.667. The second-order valence-electron chi connectivity index (χ2n) is 5.63. The second kappa shape index (κ2) is 7.94. The van der Waals surface area contributed by atoms with E-state index in [1.54, 1.807) is 0 Å². The van der Waals surface area contributed by atoms with Crippen LogP contribution in [0.15, 0.2) is 23.5 Å². The molecule has 0 spiro atoms. The third kappa shape index (κ3) is 6.61. The lowest BCUT2D eigenvalue weighted by Gasteiger charge is -2.20. The smallest absolute Gasteiger partial charge is 0.407 e. The van der Waals surface area contributed by atoms with Crippen LogP contribution >= 0.6 is 0 Å². The van der Waals surface area contributed by atoms with E-state index in [1.165, 1.54) is 0 Å². The number of hydrogen-bond acceptors (Lipinski definition) is 4. The summed E-state index contributed by atoms with van der Waals surface area (Å²) in [5.74, 6) is 0.816. The SMILES string of the molecule is CC(C)(C)OC(=O)NCCC1=CCCC=C1OCCO. The standard InChI is InChI=1S/C15H25NO4/c1-15(2,3)20-14(18)16-9-8-12-6-4-5-7-13(12)19-11-10-17/h6-7,17H,4-5,8-11H2,1-3H3,(H,16,18). The highest BCUT2D eigenvalue weighted by molar-refractivity contribution is 5.67. The van der Waals surface area contributed by atoms with Gasteiger partial charge in [-0.1, -0.05) is 6.08 Å². The van der Waals surface area contributed by atoms with E-state index in [9.17, 15) is 4.79 Å². The van der Waals surface area contributed by atoms with Gasteiger partial charge in [0.05, 0.1) is 6.61 Å². The summed E-state index contributed by atoms with van der Waals surface area (Å²) < 4.78 is 10.7. The monoisotopic (exact) mass is 283 g/mol. The molecule has 0 bridgehead atoms. The maximum Gasteiger partial charge on any atom is 0.407 e. The lowest BCUT2D eigenvalue weighted by molar-refractivity contribution is 0.0528. The van der Waals surface area contributed by atoms with Gasteiger partial charge in [0.25, 0.3) is 0 Å². The van der Waals surface area contributed by atoms with Gasteiger partial charge >= 0.3 is 6.09 Å². The number of aliphatic hydroxyl groups is 1. The summed E-state index contributed by atoms with van der Waals surface area (Å²) in [5, 5.41) is 11.5. The molecule has 1 aliphatic carbocycles. The first-order chi connectivity index (χ1) is 9.42. The van der Waals surface area contributed by atoms with Crippen molar-refractivity contribution in [1.82, 2.24) is 5.32 Å². The van der Waals surface area contributed by atoms with Crippen molar-refractivity contribution in [2.24, 2.45) is 0 Å². The molecule has 1 aliphatic rings. The minimum Gasteiger partial charge on any atom is -0.491 e. The number of carbonyl (C=O) groups excluding carboxylic acids is 1. The van der Waals surface area contributed by atoms with E-state index >= 15 is 0 Å². The minimum atomic E-state index is -0.483. The van der Waals surface area contributed by atoms with Crippen molar-refractivity contribution in [1.29, 1.82) is 0 Å². The van der Waals surface area contributed by atoms with Gasteiger partial charge in [0.2, 0.25) is 0 Å². The fourth-order valence-corrected chi connectivity index (χ4v) is 1.85. The van der Waals surface area contributed by atoms with Crippen molar-refractivity contribution in [2.75, 3.05) is 19.8 Å². The van der Waals surface area contributed by atoms with Crippen LogP contribution in [0.5, 0.6) is 0 Å². The molecular formula is C15H25NO4. The summed E-state index contributed by atoms with van der Waals surface area (Å²) >= 11 is 0. The van der Waals surface area contributed by atoms with E-state index in [4.69, 9.17) is 14.6 Å². The number of nitrogens with one attached hydrogen (secondary N) is 1. The van der Waals surface area contributed by atoms with Crippen molar-refractivity contribution in [3.05, 3.63) is 23.5 Å². The van der Waals surface area contributed by atoms with Crippen molar-refractivity contribution in [3.8, 4) is 0 Å². The predicted molar refractivity (Wildman–Crippen MR) is 77.3 cm³/mol. The molecule has 2 N–H and O–H groups in total. The van der Waals surface area contributed by atoms with E-state index in [2.05, 4.69) is 11.4 Å². The first-order valence-corrected chi connectivity index (χ1v) is 7.02. The van der Waals surface area contributed by atoms with Gasteiger partial charge in [0.1, 0.15) is 18.0 Å². The molecule has 0 aromatic rings. The van der Waals surface area contributed by atoms with Crippen LogP contribution in [-0.4, -0.2) is 36.6 Å². The third-order valence-electron chi connectivity index (χ3n) is 2.62. The topological polar surface area (TPSA) is 67.8 Å². The van der Waals surface area contributed by atoms with Crippen LogP contribution < -0.4 is 5.32 Å². The zero-order chi connectivity index (χ0) is 15.0. The van der Waals surface area contributed by atoms with E-state index < -0.39 is 11.7 Å². The van der Waals surface area contributed by atoms with E-state index in [1.807, 2.05) is 26.8 Å². The first-order valence-electron chi connectivity index (χ1n) is 7.02. The molecule has 114 valence electrons. The molecule has 5 heteroatoms. The molecule has 0 saturated heterocycles. The lowest BCUT2D eigenvalue weighted by atomic mass is 10.0. The van der Waals surface area contributed by atoms with Gasteiger partial charge in [-0.2, -0.15) is 0 Å². The van der Waals surface area contributed by atoms with Gasteiger partial charge in [-0.05, 0) is 51.7 Å². The average Bonchev–Trinajstić information content (AvgIpc) is 2.35. The molecule has 0 heterocycles. The largest absolute Gasteiger partial charge is 0.491 e. The number of hydrogen-bond donors (Lipinski definition) is 2. The van der Waals surface area contributed by atoms with Gasteiger partial charge in [-0.3, -0.25) is 0 Å². The first kappa shape index (κ1) is 16.6. The fourth-order valence-electron chi connectivity index (χ4n) is 1.85. The highest BCUT2D eigenvalue weighted by atomic mass is 16.6. The maximum absolute atomic E-state index is 11.5. The Kier molecular flexibility index (Phi) is 6.58. The number of amides is 1. The average molecular weight is 283 g/mol. The normalized spacial score (nSPS) is 15.2. The highest BCUT2D eigenvalue weighted by Gasteiger charge is 2.16. The van der Waals surface area contributed by atoms with Gasteiger partial charge in [-0.15, -0.1) is 0 Å². The Labute approximate surface area is 120 Å². The van der Waals surface area contributed by atoms with E-state index in [0.29, 0.717) is 19.6 Å². The van der Waals surface area contributed by atoms with Crippen LogP contribution in [0.3, 0.4) is 0 Å². The van der Waals surface area contributed by atoms with Crippen LogP contribution in [0.25, 0.3) is 0 Å². The molecule has 1 amide bonds. The molecule has 0 unspecified atom stereocenters. The Morgan fingerprint density at radius 1 is 1.35 bits per heavy atom. The van der Waals surface area contributed by atoms with Gasteiger partial charge in [-0.25, -0.2) is 4.79 Å². The van der Waals surface area contributed by atoms with Gasteiger partial charge in [0, 0.05) is 6.54 Å². The molecule has 0 aromatic heterocycles. The van der Waals surface area contributed by atoms with Crippen LogP contribution in [0.2, 0.25) is 0 Å². The summed E-state index contributed by atoms with van der Waals surface area (Å²) in [6.45, 7) is 6.30. The number of carbonyl (C=O) groups is 1. The van der Waals surface area contributed by atoms with Crippen molar-refractivity contribution >= 4 is 6.09 Å². The zero-order valence-corrected chi connectivity index (χ0v) is 12.6. The molecule has 0 fully saturated rings. The van der Waals surface area contributed by atoms with Crippen LogP contribution in [-0.2, 0) is 9.47 Å². The zero-order valence-electron chi connectivity index (χ0n) is 12.6. The maximum atomic E-state index is 11.5. The highest BCUT2D eigenvalue weighted by Crippen LogP contribution is 2.22. The van der Waals surface area contributed by atoms with E-state index in [0.717, 1.165) is 24.2 Å². The molecule has 0 aromatic carbocycles. The number of rotatable bonds is 6. The quantitative estimate of drug-likeness (QED) is 0.786. The molecule has 20 heavy (non-hydrogen) atoms. The summed E-state index contributed by atoms with van der Waals surface area (Å²) in [7, 11) is 0. The Balaban J connectivity index is 2.35. The van der Waals surface area contributed by atoms with E-state index in [-0.39, 0.29) is 6.61 Å². The van der Waals surface area contributed by atoms with Crippen LogP contribution in [0.1, 0.15) is 40.0 Å². The second-order valence-corrected chi connectivity index (χ2v) is 5.63. The lowest BCUT2D eigenvalue weighted by Crippen LogP contribution is -2.33. The van der Waals surface area contributed by atoms with Crippen LogP contribution in [0.4, 0.5) is 4.79 Å². The molecule has 5 nitrogen and oxygen atoms in total. The molecule has 0 radical (unpaired) electrons. The third-order valence-corrected chi connectivity index (χ3v) is 2.62. The summed E-state index contributed by atoms with van der Waals surface area (Å²) in [6.07, 6.45) is 6.35. The number of allylic oxidation sites excluding steroid dienone is 3. The summed E-state index contributed by atoms with van der Waals surface area (Å²) in [4.78, 5) is 11.5. The Morgan fingerprint density at radius 3 is 2.70 bits per heavy atom. The summed E-state index contributed by atoms with van der Waals surface area (Å²) in [6, 6.07) is 0. The molecular weight excluding hydrogens is 258 g/mol. The number of ether oxygens (including phenoxy) is 2. The molecule has 0 aliphatic heterocycles. The Morgan fingerprint density at radius 2 is 2.05 bits per heavy atom. The molecule has 0 saturated carbocycles. The van der Waals surface area contributed by atoms with Crippen molar-refractivity contribution < 1.29 is 19.4 Å². The Hall–Kier alpha value is -1.49. The van der Waals surface area contributed by atoms with Gasteiger partial charge < -0.3 is 19.9 Å². The number of aliphatic hydroxyl groups excluding tert-OH is 1. The Bertz CT molecular complexity index is 380. The van der Waals surface area contributed by atoms with Crippen molar-refractivity contribution in [3.63, 3.8) is 0 Å². The summed E-state index contributed by atoms with van der Waals surface area (Å²) in [5.41, 5.74) is 0.587. The van der Waals surface area contributed by atoms with Crippen LogP contribution in [0, 0.1) is 0 Å². The van der Waals surface area contributed by atoms with Gasteiger partial charge in [0.15, 0.2) is 0 Å². The number of alkyl carbamates (subject to hydrolysis) is 1.